The number of anilines is 1. The van der Waals surface area contributed by atoms with Crippen molar-refractivity contribution < 1.29 is 9.90 Å². The highest BCUT2D eigenvalue weighted by molar-refractivity contribution is 6.10. The molecule has 4 aromatic rings. The molecule has 2 unspecified atom stereocenters. The first-order valence-corrected chi connectivity index (χ1v) is 13.3. The van der Waals surface area contributed by atoms with Gasteiger partial charge in [-0.05, 0) is 50.3 Å². The van der Waals surface area contributed by atoms with Gasteiger partial charge in [-0.1, -0.05) is 133 Å². The summed E-state index contributed by atoms with van der Waals surface area (Å²) in [6.45, 7) is 12.8. The molecule has 0 aliphatic carbocycles. The summed E-state index contributed by atoms with van der Waals surface area (Å²) < 4.78 is 0. The molecule has 0 radical (unpaired) electrons. The number of hydrogen-bond acceptors (Lipinski definition) is 2. The number of carbonyl (C=O) groups is 1. The highest BCUT2D eigenvalue weighted by Crippen LogP contribution is 2.55. The lowest BCUT2D eigenvalue weighted by Crippen LogP contribution is -2.42. The number of aromatic hydroxyl groups is 1. The molecule has 0 aromatic heterocycles. The predicted molar refractivity (Wildman–Crippen MR) is 156 cm³/mol. The van der Waals surface area contributed by atoms with Gasteiger partial charge in [0.15, 0.2) is 0 Å². The number of phenolic OH excluding ortho intramolecular Hbond substituents is 1. The predicted octanol–water partition coefficient (Wildman–Crippen LogP) is 8.06. The maximum absolute atomic E-state index is 14.4. The molecule has 194 valence electrons. The summed E-state index contributed by atoms with van der Waals surface area (Å²) in [5.74, 6) is -0.0374. The van der Waals surface area contributed by atoms with Crippen molar-refractivity contribution in [2.45, 2.75) is 63.7 Å². The van der Waals surface area contributed by atoms with E-state index in [0.29, 0.717) is 5.75 Å². The van der Waals surface area contributed by atoms with Crippen LogP contribution in [-0.2, 0) is 21.0 Å². The van der Waals surface area contributed by atoms with E-state index in [-0.39, 0.29) is 22.7 Å². The van der Waals surface area contributed by atoms with Crippen LogP contribution in [0.5, 0.6) is 5.75 Å². The van der Waals surface area contributed by atoms with Gasteiger partial charge in [0.2, 0.25) is 5.91 Å². The Hall–Kier alpha value is -3.85. The minimum atomic E-state index is -1.000. The normalized spacial score (nSPS) is 18.1. The van der Waals surface area contributed by atoms with Crippen LogP contribution in [0.15, 0.2) is 97.1 Å². The second-order valence-electron chi connectivity index (χ2n) is 12.5. The third kappa shape index (κ3) is 4.11. The number of phenols is 1. The fraction of sp³-hybridized carbons (Fsp3) is 0.286. The van der Waals surface area contributed by atoms with Gasteiger partial charge in [-0.15, -0.1) is 0 Å². The van der Waals surface area contributed by atoms with Gasteiger partial charge in [0, 0.05) is 11.6 Å². The molecule has 1 aliphatic heterocycles. The smallest absolute Gasteiger partial charge is 0.240 e. The zero-order valence-electron chi connectivity index (χ0n) is 23.2. The van der Waals surface area contributed by atoms with Crippen LogP contribution in [0.25, 0.3) is 0 Å². The van der Waals surface area contributed by atoms with Crippen molar-refractivity contribution in [2.75, 3.05) is 5.32 Å². The van der Waals surface area contributed by atoms with Crippen molar-refractivity contribution >= 4 is 11.6 Å². The minimum Gasteiger partial charge on any atom is -0.507 e. The van der Waals surface area contributed by atoms with E-state index in [4.69, 9.17) is 0 Å². The van der Waals surface area contributed by atoms with Crippen LogP contribution in [0.2, 0.25) is 0 Å². The molecule has 0 spiro atoms. The lowest BCUT2D eigenvalue weighted by Gasteiger charge is -2.39. The van der Waals surface area contributed by atoms with Gasteiger partial charge >= 0.3 is 0 Å². The highest BCUT2D eigenvalue weighted by Gasteiger charge is 2.54. The molecule has 38 heavy (non-hydrogen) atoms. The lowest BCUT2D eigenvalue weighted by atomic mass is 9.61. The van der Waals surface area contributed by atoms with Gasteiger partial charge in [0.25, 0.3) is 0 Å². The number of hydrogen-bond donors (Lipinski definition) is 2. The van der Waals surface area contributed by atoms with Gasteiger partial charge < -0.3 is 10.4 Å². The second-order valence-corrected chi connectivity index (χ2v) is 12.5. The molecule has 1 aliphatic rings. The fourth-order valence-electron chi connectivity index (χ4n) is 6.02. The molecular formula is C35H37NO2. The summed E-state index contributed by atoms with van der Waals surface area (Å²) in [6.07, 6.45) is 0. The Balaban J connectivity index is 1.94. The Bertz CT molecular complexity index is 1440. The number of amides is 1. The van der Waals surface area contributed by atoms with E-state index < -0.39 is 5.41 Å². The first-order valence-electron chi connectivity index (χ1n) is 13.3. The second kappa shape index (κ2) is 9.16. The van der Waals surface area contributed by atoms with Crippen LogP contribution >= 0.6 is 0 Å². The fourth-order valence-corrected chi connectivity index (χ4v) is 6.02. The van der Waals surface area contributed by atoms with Gasteiger partial charge in [-0.2, -0.15) is 0 Å². The van der Waals surface area contributed by atoms with Crippen LogP contribution in [0, 0.1) is 0 Å². The molecule has 0 fully saturated rings. The van der Waals surface area contributed by atoms with Crippen LogP contribution in [0.3, 0.4) is 0 Å². The van der Waals surface area contributed by atoms with Crippen LogP contribution in [0.4, 0.5) is 5.69 Å². The van der Waals surface area contributed by atoms with E-state index in [9.17, 15) is 9.90 Å². The number of nitrogens with one attached hydrogen (secondary N) is 1. The number of rotatable bonds is 4. The first-order chi connectivity index (χ1) is 18.0. The minimum absolute atomic E-state index is 0.0403. The van der Waals surface area contributed by atoms with Crippen LogP contribution in [0.1, 0.15) is 80.8 Å². The third-order valence-electron chi connectivity index (χ3n) is 7.83. The van der Waals surface area contributed by atoms with Gasteiger partial charge in [0.05, 0.1) is 0 Å². The van der Waals surface area contributed by atoms with E-state index in [1.54, 1.807) is 0 Å². The van der Waals surface area contributed by atoms with Gasteiger partial charge in [-0.3, -0.25) is 4.79 Å². The Morgan fingerprint density at radius 1 is 0.684 bits per heavy atom. The van der Waals surface area contributed by atoms with Gasteiger partial charge in [0.1, 0.15) is 11.2 Å². The first kappa shape index (κ1) is 25.8. The standard InChI is InChI=1S/C35H37NO2/c1-33(2,3)27-21-24(22-28(31(27)37)34(4,5)6)30(23-15-9-7-10-16-23)35(25-17-11-8-12-18-25)26-19-13-14-20-29(26)36-32(35)38/h7-22,30,37H,1-6H3,(H,36,38). The Morgan fingerprint density at radius 3 is 1.74 bits per heavy atom. The highest BCUT2D eigenvalue weighted by atomic mass is 16.3. The summed E-state index contributed by atoms with van der Waals surface area (Å²) in [5, 5.41) is 14.7. The van der Waals surface area contributed by atoms with Crippen molar-refractivity contribution in [3.8, 4) is 5.75 Å². The Morgan fingerprint density at radius 2 is 1.18 bits per heavy atom. The average molecular weight is 504 g/mol. The molecule has 4 aromatic carbocycles. The maximum atomic E-state index is 14.4. The molecule has 1 amide bonds. The van der Waals surface area contributed by atoms with E-state index >= 15 is 0 Å². The van der Waals surface area contributed by atoms with Gasteiger partial charge in [-0.25, -0.2) is 0 Å². The quantitative estimate of drug-likeness (QED) is 0.296. The third-order valence-corrected chi connectivity index (χ3v) is 7.83. The molecule has 3 nitrogen and oxygen atoms in total. The van der Waals surface area contributed by atoms with Crippen molar-refractivity contribution in [3.63, 3.8) is 0 Å². The Kier molecular flexibility index (Phi) is 6.22. The van der Waals surface area contributed by atoms with Crippen molar-refractivity contribution in [2.24, 2.45) is 0 Å². The molecule has 0 saturated heterocycles. The zero-order valence-corrected chi connectivity index (χ0v) is 23.2. The summed E-state index contributed by atoms with van der Waals surface area (Å²) >= 11 is 0. The van der Waals surface area contributed by atoms with Crippen molar-refractivity contribution in [1.82, 2.24) is 0 Å². The monoisotopic (exact) mass is 503 g/mol. The number of carbonyl (C=O) groups excluding carboxylic acids is 1. The van der Waals surface area contributed by atoms with Crippen molar-refractivity contribution in [3.05, 3.63) is 130 Å². The maximum Gasteiger partial charge on any atom is 0.240 e. The summed E-state index contributed by atoms with van der Waals surface area (Å²) in [7, 11) is 0. The number of benzene rings is 4. The van der Waals surface area contributed by atoms with E-state index in [2.05, 4.69) is 89.3 Å². The zero-order chi connectivity index (χ0) is 27.3. The van der Waals surface area contributed by atoms with E-state index in [1.165, 1.54) is 0 Å². The summed E-state index contributed by atoms with van der Waals surface area (Å²) in [6, 6.07) is 32.7. The summed E-state index contributed by atoms with van der Waals surface area (Å²) in [5.41, 5.74) is 4.99. The molecule has 0 saturated carbocycles. The molecule has 0 bridgehead atoms. The molecule has 2 atom stereocenters. The number of fused-ring (bicyclic) bond motifs is 1. The average Bonchev–Trinajstić information content (AvgIpc) is 3.17. The molecule has 3 heteroatoms. The Labute approximate surface area is 226 Å². The number of para-hydroxylation sites is 1. The van der Waals surface area contributed by atoms with Crippen LogP contribution < -0.4 is 5.32 Å². The molecular weight excluding hydrogens is 466 g/mol. The molecule has 2 N–H and O–H groups in total. The topological polar surface area (TPSA) is 49.3 Å². The summed E-state index contributed by atoms with van der Waals surface area (Å²) in [4.78, 5) is 14.4. The largest absolute Gasteiger partial charge is 0.507 e. The molecule has 5 rings (SSSR count). The lowest BCUT2D eigenvalue weighted by molar-refractivity contribution is -0.120. The van der Waals surface area contributed by atoms with Crippen LogP contribution in [-0.4, -0.2) is 11.0 Å². The van der Waals surface area contributed by atoms with Crippen molar-refractivity contribution in [1.29, 1.82) is 0 Å². The SMILES string of the molecule is CC(C)(C)c1cc(C(c2ccccc2)C2(c3ccccc3)C(=O)Nc3ccccc32)cc(C(C)(C)C)c1O. The van der Waals surface area contributed by atoms with E-state index in [1.807, 2.05) is 54.6 Å². The van der Waals surface area contributed by atoms with E-state index in [0.717, 1.165) is 39.1 Å². The molecule has 1 heterocycles.